The maximum absolute atomic E-state index is 12.7. The molecule has 0 radical (unpaired) electrons. The number of hydrogen-bond donors (Lipinski definition) is 3. The van der Waals surface area contributed by atoms with Gasteiger partial charge in [0, 0.05) is 18.7 Å². The van der Waals surface area contributed by atoms with Gasteiger partial charge in [-0.15, -0.1) is 10.2 Å². The van der Waals surface area contributed by atoms with E-state index in [1.54, 1.807) is 12.1 Å². The van der Waals surface area contributed by atoms with Gasteiger partial charge >= 0.3 is 12.0 Å². The van der Waals surface area contributed by atoms with Crippen LogP contribution in [0.2, 0.25) is 0 Å². The molecule has 3 N–H and O–H groups in total. The molecule has 0 saturated heterocycles. The predicted molar refractivity (Wildman–Crippen MR) is 126 cm³/mol. The first-order valence-electron chi connectivity index (χ1n) is 10.9. The second kappa shape index (κ2) is 11.1. The van der Waals surface area contributed by atoms with Crippen LogP contribution in [0.5, 0.6) is 5.75 Å². The first-order valence-corrected chi connectivity index (χ1v) is 11.8. The summed E-state index contributed by atoms with van der Waals surface area (Å²) in [6, 6.07) is 5.29. The molecule has 10 heteroatoms. The van der Waals surface area contributed by atoms with Gasteiger partial charge in [0.25, 0.3) is 0 Å². The Morgan fingerprint density at radius 2 is 1.97 bits per heavy atom. The molecule has 32 heavy (non-hydrogen) atoms. The fourth-order valence-corrected chi connectivity index (χ4v) is 4.52. The minimum atomic E-state index is -1.06. The van der Waals surface area contributed by atoms with Crippen LogP contribution in [0, 0.1) is 12.8 Å². The summed E-state index contributed by atoms with van der Waals surface area (Å²) in [6.07, 6.45) is 5.86. The van der Waals surface area contributed by atoms with Crippen LogP contribution in [-0.2, 0) is 4.79 Å². The lowest BCUT2D eigenvalue weighted by Gasteiger charge is -2.38. The van der Waals surface area contributed by atoms with Crippen molar-refractivity contribution in [1.29, 1.82) is 0 Å². The second-order valence-corrected chi connectivity index (χ2v) is 9.59. The van der Waals surface area contributed by atoms with Gasteiger partial charge in [-0.05, 0) is 37.8 Å². The fraction of sp³-hybridized carbons (Fsp3) is 0.545. The largest absolute Gasteiger partial charge is 0.482 e. The first kappa shape index (κ1) is 23.8. The number of carboxylic acid groups (broad SMARTS) is 1. The zero-order valence-corrected chi connectivity index (χ0v) is 19.6. The molecule has 1 aliphatic carbocycles. The average molecular weight is 462 g/mol. The predicted octanol–water partition coefficient (Wildman–Crippen LogP) is 4.75. The number of aliphatic carboxylic acids is 1. The molecule has 0 bridgehead atoms. The van der Waals surface area contributed by atoms with Gasteiger partial charge in [0.1, 0.15) is 10.8 Å². The first-order chi connectivity index (χ1) is 15.3. The summed E-state index contributed by atoms with van der Waals surface area (Å²) >= 11 is 1.29. The van der Waals surface area contributed by atoms with E-state index in [1.165, 1.54) is 30.6 Å². The molecule has 0 aliphatic heterocycles. The molecule has 174 valence electrons. The van der Waals surface area contributed by atoms with Crippen molar-refractivity contribution in [3.63, 3.8) is 0 Å². The van der Waals surface area contributed by atoms with Crippen LogP contribution in [0.3, 0.4) is 0 Å². The third kappa shape index (κ3) is 6.81. The zero-order chi connectivity index (χ0) is 23.1. The number of nitrogens with one attached hydrogen (secondary N) is 2. The van der Waals surface area contributed by atoms with E-state index in [-0.39, 0.29) is 0 Å². The fourth-order valence-electron chi connectivity index (χ4n) is 3.93. The molecule has 1 saturated carbocycles. The Morgan fingerprint density at radius 3 is 2.59 bits per heavy atom. The average Bonchev–Trinajstić information content (AvgIpc) is 3.15. The molecule has 0 unspecified atom stereocenters. The highest BCUT2D eigenvalue weighted by atomic mass is 32.1. The van der Waals surface area contributed by atoms with Crippen LogP contribution in [-0.4, -0.2) is 46.5 Å². The summed E-state index contributed by atoms with van der Waals surface area (Å²) in [6.45, 7) is 6.57. The number of nitrogens with zero attached hydrogens (tertiary/aromatic N) is 3. The number of anilines is 3. The van der Waals surface area contributed by atoms with Gasteiger partial charge in [0.2, 0.25) is 5.13 Å². The van der Waals surface area contributed by atoms with Crippen LogP contribution >= 0.6 is 11.3 Å². The molecule has 0 spiro atoms. The Hall–Kier alpha value is -2.88. The molecular formula is C22H31N5O4S. The van der Waals surface area contributed by atoms with Crippen molar-refractivity contribution in [2.45, 2.75) is 58.9 Å². The van der Waals surface area contributed by atoms with Gasteiger partial charge in [-0.3, -0.25) is 5.32 Å². The highest BCUT2D eigenvalue weighted by molar-refractivity contribution is 7.15. The number of carboxylic acids is 1. The number of aryl methyl sites for hydroxylation is 1. The third-order valence-electron chi connectivity index (χ3n) is 5.21. The van der Waals surface area contributed by atoms with Crippen molar-refractivity contribution in [2.24, 2.45) is 5.92 Å². The summed E-state index contributed by atoms with van der Waals surface area (Å²) in [5.41, 5.74) is 1.47. The van der Waals surface area contributed by atoms with E-state index in [1.807, 2.05) is 13.0 Å². The quantitative estimate of drug-likeness (QED) is 0.493. The molecule has 1 fully saturated rings. The summed E-state index contributed by atoms with van der Waals surface area (Å²) in [5, 5.41) is 23.6. The standard InChI is InChI=1S/C22H31N5O4S/c1-14(2)12-27(16-7-5-4-6-8-16)19-10-9-17(31-13-20(28)29)11-18(19)23-21(30)24-22-26-25-15(3)32-22/h9-11,14,16H,4-8,12-13H2,1-3H3,(H,28,29)(H2,23,24,26,30). The van der Waals surface area contributed by atoms with Crippen molar-refractivity contribution >= 4 is 39.8 Å². The van der Waals surface area contributed by atoms with Gasteiger partial charge in [-0.1, -0.05) is 44.4 Å². The Labute approximate surface area is 192 Å². The van der Waals surface area contributed by atoms with E-state index < -0.39 is 18.6 Å². The van der Waals surface area contributed by atoms with E-state index in [2.05, 4.69) is 39.6 Å². The van der Waals surface area contributed by atoms with Crippen LogP contribution in [0.4, 0.5) is 21.3 Å². The number of aromatic nitrogens is 2. The normalized spacial score (nSPS) is 14.2. The van der Waals surface area contributed by atoms with E-state index in [9.17, 15) is 9.59 Å². The number of carbonyl (C=O) groups excluding carboxylic acids is 1. The van der Waals surface area contributed by atoms with Crippen molar-refractivity contribution in [3.8, 4) is 5.75 Å². The maximum atomic E-state index is 12.7. The van der Waals surface area contributed by atoms with Gasteiger partial charge in [-0.2, -0.15) is 0 Å². The highest BCUT2D eigenvalue weighted by Gasteiger charge is 2.25. The Kier molecular flexibility index (Phi) is 8.26. The number of amides is 2. The molecule has 9 nitrogen and oxygen atoms in total. The van der Waals surface area contributed by atoms with Crippen molar-refractivity contribution in [3.05, 3.63) is 23.2 Å². The van der Waals surface area contributed by atoms with Gasteiger partial charge < -0.3 is 20.1 Å². The van der Waals surface area contributed by atoms with Crippen LogP contribution in [0.25, 0.3) is 0 Å². The van der Waals surface area contributed by atoms with Crippen molar-refractivity contribution in [1.82, 2.24) is 10.2 Å². The summed E-state index contributed by atoms with van der Waals surface area (Å²) in [7, 11) is 0. The minimum Gasteiger partial charge on any atom is -0.482 e. The number of hydrogen-bond acceptors (Lipinski definition) is 7. The molecule has 1 heterocycles. The molecule has 2 amide bonds. The summed E-state index contributed by atoms with van der Waals surface area (Å²) in [4.78, 5) is 26.0. The number of rotatable bonds is 9. The number of carbonyl (C=O) groups is 2. The number of ether oxygens (including phenoxy) is 1. The summed E-state index contributed by atoms with van der Waals surface area (Å²) in [5.74, 6) is -0.242. The van der Waals surface area contributed by atoms with Gasteiger partial charge in [-0.25, -0.2) is 9.59 Å². The lowest BCUT2D eigenvalue weighted by atomic mass is 9.93. The third-order valence-corrected chi connectivity index (χ3v) is 5.97. The maximum Gasteiger partial charge on any atom is 0.341 e. The van der Waals surface area contributed by atoms with E-state index in [0.29, 0.717) is 28.5 Å². The Balaban J connectivity index is 1.89. The van der Waals surface area contributed by atoms with Crippen molar-refractivity contribution < 1.29 is 19.4 Å². The van der Waals surface area contributed by atoms with E-state index in [4.69, 9.17) is 9.84 Å². The van der Waals surface area contributed by atoms with E-state index in [0.717, 1.165) is 30.1 Å². The minimum absolute atomic E-state index is 0.381. The molecule has 0 atom stereocenters. The summed E-state index contributed by atoms with van der Waals surface area (Å²) < 4.78 is 5.36. The number of benzene rings is 1. The lowest BCUT2D eigenvalue weighted by molar-refractivity contribution is -0.139. The van der Waals surface area contributed by atoms with Crippen molar-refractivity contribution in [2.75, 3.05) is 28.7 Å². The monoisotopic (exact) mass is 461 g/mol. The van der Waals surface area contributed by atoms with Gasteiger partial charge in [0.05, 0.1) is 11.4 Å². The van der Waals surface area contributed by atoms with Crippen LogP contribution in [0.1, 0.15) is 51.0 Å². The molecule has 3 rings (SSSR count). The second-order valence-electron chi connectivity index (χ2n) is 8.40. The lowest BCUT2D eigenvalue weighted by Crippen LogP contribution is -2.40. The number of urea groups is 1. The smallest absolute Gasteiger partial charge is 0.341 e. The van der Waals surface area contributed by atoms with Crippen LogP contribution < -0.4 is 20.3 Å². The molecular weight excluding hydrogens is 430 g/mol. The topological polar surface area (TPSA) is 117 Å². The van der Waals surface area contributed by atoms with E-state index >= 15 is 0 Å². The SMILES string of the molecule is Cc1nnc(NC(=O)Nc2cc(OCC(=O)O)ccc2N(CC(C)C)C2CCCCC2)s1. The molecule has 2 aromatic rings. The van der Waals surface area contributed by atoms with Gasteiger partial charge in [0.15, 0.2) is 6.61 Å². The molecule has 1 aromatic heterocycles. The molecule has 1 aliphatic rings. The Morgan fingerprint density at radius 1 is 1.22 bits per heavy atom. The molecule has 1 aromatic carbocycles. The zero-order valence-electron chi connectivity index (χ0n) is 18.8. The Bertz CT molecular complexity index is 927. The van der Waals surface area contributed by atoms with Crippen LogP contribution in [0.15, 0.2) is 18.2 Å². The highest BCUT2D eigenvalue weighted by Crippen LogP contribution is 2.36.